The molecule has 11 heteroatoms. The van der Waals surface area contributed by atoms with Crippen LogP contribution in [-0.2, 0) is 23.8 Å². The van der Waals surface area contributed by atoms with E-state index in [1.807, 2.05) is 42.2 Å². The smallest absolute Gasteiger partial charge is 0.420 e. The third-order valence-electron chi connectivity index (χ3n) is 7.61. The van der Waals surface area contributed by atoms with Crippen LogP contribution in [0.25, 0.3) is 0 Å². The summed E-state index contributed by atoms with van der Waals surface area (Å²) in [7, 11) is 0. The highest BCUT2D eigenvalue weighted by molar-refractivity contribution is 5.96. The summed E-state index contributed by atoms with van der Waals surface area (Å²) in [5.74, 6) is -0.476. The van der Waals surface area contributed by atoms with E-state index in [1.54, 1.807) is 17.0 Å². The quantitative estimate of drug-likeness (QED) is 0.369. The molecule has 2 fully saturated rings. The summed E-state index contributed by atoms with van der Waals surface area (Å²) in [4.78, 5) is 39.6. The number of rotatable bonds is 7. The molecule has 0 radical (unpaired) electrons. The predicted molar refractivity (Wildman–Crippen MR) is 148 cm³/mol. The Balaban J connectivity index is 1.22. The molecule has 4 heterocycles. The van der Waals surface area contributed by atoms with Gasteiger partial charge >= 0.3 is 6.18 Å². The maximum atomic E-state index is 13.7. The molecule has 0 bridgehead atoms. The van der Waals surface area contributed by atoms with Gasteiger partial charge in [0.25, 0.3) is 6.01 Å². The molecule has 218 valence electrons. The second-order valence-corrected chi connectivity index (χ2v) is 10.9. The van der Waals surface area contributed by atoms with E-state index in [2.05, 4.69) is 14.9 Å². The number of alkyl halides is 3. The monoisotopic (exact) mass is 569 g/mol. The lowest BCUT2D eigenvalue weighted by Gasteiger charge is -2.29. The number of halogens is 3. The summed E-state index contributed by atoms with van der Waals surface area (Å²) in [5, 5.41) is 0. The van der Waals surface area contributed by atoms with Gasteiger partial charge in [0.2, 0.25) is 17.5 Å². The van der Waals surface area contributed by atoms with Gasteiger partial charge in [-0.15, -0.1) is 0 Å². The zero-order valence-electron chi connectivity index (χ0n) is 23.1. The molecule has 2 aliphatic rings. The Morgan fingerprint density at radius 3 is 2.41 bits per heavy atom. The van der Waals surface area contributed by atoms with Crippen molar-refractivity contribution in [2.24, 2.45) is 5.92 Å². The standard InChI is InChI=1S/C30H34F3N5O3/c1-21-7-5-12-38(20-21)29-35-28(30(31,32)33)27(41-29)24(39)17-23-10-11-25(34-19-23)36-13-6-14-37(16-15-36)26(40)18-22-8-3-2-4-9-22/h2-4,8-11,19,21H,5-7,12-18,20H2,1H3. The van der Waals surface area contributed by atoms with Gasteiger partial charge in [-0.3, -0.25) is 9.59 Å². The van der Waals surface area contributed by atoms with Crippen molar-refractivity contribution >= 4 is 23.5 Å². The van der Waals surface area contributed by atoms with E-state index in [-0.39, 0.29) is 18.3 Å². The Kier molecular flexibility index (Phi) is 8.60. The third kappa shape index (κ3) is 7.07. The second-order valence-electron chi connectivity index (χ2n) is 10.9. The van der Waals surface area contributed by atoms with Crippen LogP contribution in [-0.4, -0.2) is 65.8 Å². The van der Waals surface area contributed by atoms with Crippen LogP contribution in [0.5, 0.6) is 0 Å². The van der Waals surface area contributed by atoms with Crippen molar-refractivity contribution in [2.75, 3.05) is 49.1 Å². The first kappa shape index (κ1) is 28.6. The normalized spacial score (nSPS) is 18.3. The fraction of sp³-hybridized carbons (Fsp3) is 0.467. The van der Waals surface area contributed by atoms with E-state index in [9.17, 15) is 22.8 Å². The first-order valence-electron chi connectivity index (χ1n) is 14.0. The summed E-state index contributed by atoms with van der Waals surface area (Å²) in [6.07, 6.45) is -0.630. The third-order valence-corrected chi connectivity index (χ3v) is 7.61. The number of anilines is 2. The van der Waals surface area contributed by atoms with E-state index in [1.165, 1.54) is 6.20 Å². The molecule has 0 spiro atoms. The average Bonchev–Trinajstić information content (AvgIpc) is 3.27. The highest BCUT2D eigenvalue weighted by Crippen LogP contribution is 2.35. The summed E-state index contributed by atoms with van der Waals surface area (Å²) in [6.45, 7) is 5.64. The van der Waals surface area contributed by atoms with E-state index in [0.29, 0.717) is 63.0 Å². The van der Waals surface area contributed by atoms with Crippen molar-refractivity contribution < 1.29 is 27.2 Å². The zero-order chi connectivity index (χ0) is 29.0. The number of carbonyl (C=O) groups is 2. The van der Waals surface area contributed by atoms with Gasteiger partial charge in [0.05, 0.1) is 6.42 Å². The minimum Gasteiger partial charge on any atom is -0.420 e. The molecule has 1 amide bonds. The molecule has 0 aliphatic carbocycles. The molecular weight excluding hydrogens is 535 g/mol. The maximum absolute atomic E-state index is 13.7. The van der Waals surface area contributed by atoms with Gasteiger partial charge in [0.15, 0.2) is 5.69 Å². The summed E-state index contributed by atoms with van der Waals surface area (Å²) in [5.41, 5.74) is 0.178. The Labute approximate surface area is 237 Å². The molecule has 2 aliphatic heterocycles. The Morgan fingerprint density at radius 2 is 1.71 bits per heavy atom. The van der Waals surface area contributed by atoms with Crippen molar-refractivity contribution in [1.82, 2.24) is 14.9 Å². The van der Waals surface area contributed by atoms with E-state index >= 15 is 0 Å². The van der Waals surface area contributed by atoms with Crippen LogP contribution in [0.2, 0.25) is 0 Å². The number of ketones is 1. The van der Waals surface area contributed by atoms with E-state index in [0.717, 1.165) is 24.8 Å². The Morgan fingerprint density at radius 1 is 0.927 bits per heavy atom. The summed E-state index contributed by atoms with van der Waals surface area (Å²) < 4.78 is 46.7. The summed E-state index contributed by atoms with van der Waals surface area (Å²) >= 11 is 0. The lowest BCUT2D eigenvalue weighted by molar-refractivity contribution is -0.141. The number of oxazole rings is 1. The number of piperidine rings is 1. The molecule has 1 unspecified atom stereocenters. The van der Waals surface area contributed by atoms with Gasteiger partial charge in [-0.25, -0.2) is 4.98 Å². The minimum absolute atomic E-state index is 0.0865. The topological polar surface area (TPSA) is 82.8 Å². The van der Waals surface area contributed by atoms with Crippen molar-refractivity contribution in [1.29, 1.82) is 0 Å². The SMILES string of the molecule is CC1CCCN(c2nc(C(F)(F)F)c(C(=O)Cc3ccc(N4CCCN(C(=O)Cc5ccccc5)CC4)nc3)o2)C1. The molecule has 1 aromatic carbocycles. The van der Waals surface area contributed by atoms with Crippen LogP contribution >= 0.6 is 0 Å². The largest absolute Gasteiger partial charge is 0.437 e. The fourth-order valence-electron chi connectivity index (χ4n) is 5.44. The molecule has 41 heavy (non-hydrogen) atoms. The highest BCUT2D eigenvalue weighted by atomic mass is 19.4. The number of hydrogen-bond acceptors (Lipinski definition) is 7. The van der Waals surface area contributed by atoms with Crippen molar-refractivity contribution in [3.05, 3.63) is 71.2 Å². The molecular formula is C30H34F3N5O3. The first-order chi connectivity index (χ1) is 19.7. The van der Waals surface area contributed by atoms with Gasteiger partial charge in [0.1, 0.15) is 5.82 Å². The van der Waals surface area contributed by atoms with Crippen LogP contribution in [0, 0.1) is 5.92 Å². The number of pyridine rings is 1. The van der Waals surface area contributed by atoms with Crippen LogP contribution in [0.15, 0.2) is 53.1 Å². The van der Waals surface area contributed by atoms with Gasteiger partial charge in [-0.1, -0.05) is 43.3 Å². The van der Waals surface area contributed by atoms with E-state index < -0.39 is 23.4 Å². The van der Waals surface area contributed by atoms with Gasteiger partial charge in [0, 0.05) is 51.9 Å². The molecule has 2 saturated heterocycles. The second kappa shape index (κ2) is 12.3. The number of hydrogen-bond donors (Lipinski definition) is 0. The number of nitrogens with zero attached hydrogens (tertiary/aromatic N) is 5. The van der Waals surface area contributed by atoms with Crippen molar-refractivity contribution in [3.63, 3.8) is 0 Å². The average molecular weight is 570 g/mol. The molecule has 0 N–H and O–H groups in total. The molecule has 2 aromatic heterocycles. The zero-order valence-corrected chi connectivity index (χ0v) is 23.1. The van der Waals surface area contributed by atoms with E-state index in [4.69, 9.17) is 4.42 Å². The predicted octanol–water partition coefficient (Wildman–Crippen LogP) is 5.03. The molecule has 5 rings (SSSR count). The molecule has 3 aromatic rings. The van der Waals surface area contributed by atoms with Crippen molar-refractivity contribution in [2.45, 2.75) is 45.2 Å². The lowest BCUT2D eigenvalue weighted by atomic mass is 10.0. The fourth-order valence-corrected chi connectivity index (χ4v) is 5.44. The maximum Gasteiger partial charge on any atom is 0.437 e. The number of amides is 1. The summed E-state index contributed by atoms with van der Waals surface area (Å²) in [6, 6.07) is 12.9. The molecule has 8 nitrogen and oxygen atoms in total. The number of aromatic nitrogens is 2. The van der Waals surface area contributed by atoms with Gasteiger partial charge < -0.3 is 19.1 Å². The molecule has 0 saturated carbocycles. The van der Waals surface area contributed by atoms with Crippen molar-refractivity contribution in [3.8, 4) is 0 Å². The van der Waals surface area contributed by atoms with Crippen LogP contribution in [0.4, 0.5) is 25.0 Å². The minimum atomic E-state index is -4.81. The van der Waals surface area contributed by atoms with Gasteiger partial charge in [-0.05, 0) is 42.4 Å². The highest BCUT2D eigenvalue weighted by Gasteiger charge is 2.42. The van der Waals surface area contributed by atoms with Crippen LogP contribution < -0.4 is 9.80 Å². The number of benzene rings is 1. The number of Topliss-reactive ketones (excluding diaryl/α,β-unsaturated/α-hetero) is 1. The lowest BCUT2D eigenvalue weighted by Crippen LogP contribution is -2.36. The van der Waals surface area contributed by atoms with Crippen LogP contribution in [0.3, 0.4) is 0 Å². The number of carbonyl (C=O) groups excluding carboxylic acids is 2. The molecule has 1 atom stereocenters. The van der Waals surface area contributed by atoms with Crippen LogP contribution in [0.1, 0.15) is 53.6 Å². The Hall–Kier alpha value is -3.89. The van der Waals surface area contributed by atoms with Gasteiger partial charge in [-0.2, -0.15) is 18.2 Å². The first-order valence-corrected chi connectivity index (χ1v) is 14.0. The Bertz CT molecular complexity index is 1340.